The molecule has 0 unspecified atom stereocenters. The van der Waals surface area contributed by atoms with Crippen LogP contribution in [0.4, 0.5) is 11.5 Å². The minimum Gasteiger partial charge on any atom is -0.370 e. The molecule has 0 radical (unpaired) electrons. The standard InChI is InChI=1S/C9H11N3O2/c13-12(14)8-3-4-9(11-6-8)10-5-7-1-2-7/h3-4,6-7H,1-2,5H2,(H,10,11). The maximum absolute atomic E-state index is 10.3. The average molecular weight is 193 g/mol. The molecule has 1 aliphatic carbocycles. The smallest absolute Gasteiger partial charge is 0.287 e. The van der Waals surface area contributed by atoms with Crippen molar-refractivity contribution in [2.75, 3.05) is 11.9 Å². The van der Waals surface area contributed by atoms with Crippen LogP contribution in [0.1, 0.15) is 12.8 Å². The first-order valence-electron chi connectivity index (χ1n) is 4.60. The second-order valence-electron chi connectivity index (χ2n) is 3.48. The van der Waals surface area contributed by atoms with Crippen molar-refractivity contribution in [1.29, 1.82) is 0 Å². The fraction of sp³-hybridized carbons (Fsp3) is 0.444. The molecular formula is C9H11N3O2. The first-order chi connectivity index (χ1) is 6.75. The lowest BCUT2D eigenvalue weighted by molar-refractivity contribution is -0.385. The van der Waals surface area contributed by atoms with Gasteiger partial charge in [0.05, 0.1) is 4.92 Å². The second kappa shape index (κ2) is 3.61. The van der Waals surface area contributed by atoms with Gasteiger partial charge in [-0.25, -0.2) is 4.98 Å². The van der Waals surface area contributed by atoms with Gasteiger partial charge in [0.15, 0.2) is 0 Å². The molecule has 0 amide bonds. The monoisotopic (exact) mass is 193 g/mol. The number of rotatable bonds is 4. The van der Waals surface area contributed by atoms with Crippen molar-refractivity contribution in [2.24, 2.45) is 5.92 Å². The van der Waals surface area contributed by atoms with E-state index < -0.39 is 4.92 Å². The van der Waals surface area contributed by atoms with Crippen LogP contribution in [-0.4, -0.2) is 16.5 Å². The zero-order valence-electron chi connectivity index (χ0n) is 7.64. The predicted octanol–water partition coefficient (Wildman–Crippen LogP) is 1.81. The topological polar surface area (TPSA) is 68.1 Å². The third-order valence-corrected chi connectivity index (χ3v) is 2.23. The molecule has 74 valence electrons. The Kier molecular flexibility index (Phi) is 2.30. The summed E-state index contributed by atoms with van der Waals surface area (Å²) in [5.74, 6) is 1.48. The van der Waals surface area contributed by atoms with Crippen molar-refractivity contribution < 1.29 is 4.92 Å². The number of anilines is 1. The molecular weight excluding hydrogens is 182 g/mol. The highest BCUT2D eigenvalue weighted by Crippen LogP contribution is 2.28. The van der Waals surface area contributed by atoms with E-state index in [1.807, 2.05) is 0 Å². The summed E-state index contributed by atoms with van der Waals surface area (Å²) in [4.78, 5) is 13.8. The number of nitrogens with zero attached hydrogens (tertiary/aromatic N) is 2. The molecule has 5 heteroatoms. The lowest BCUT2D eigenvalue weighted by Gasteiger charge is -2.02. The fourth-order valence-electron chi connectivity index (χ4n) is 1.17. The summed E-state index contributed by atoms with van der Waals surface area (Å²) in [6.07, 6.45) is 3.83. The molecule has 0 aromatic carbocycles. The minimum absolute atomic E-state index is 0.0296. The average Bonchev–Trinajstić information content (AvgIpc) is 2.99. The van der Waals surface area contributed by atoms with E-state index in [1.165, 1.54) is 25.1 Å². The third kappa shape index (κ3) is 2.18. The van der Waals surface area contributed by atoms with Crippen LogP contribution < -0.4 is 5.32 Å². The summed E-state index contributed by atoms with van der Waals surface area (Å²) in [5, 5.41) is 13.5. The molecule has 0 saturated heterocycles. The highest BCUT2D eigenvalue weighted by molar-refractivity contribution is 5.40. The van der Waals surface area contributed by atoms with Crippen LogP contribution in [0.5, 0.6) is 0 Å². The number of nitrogens with one attached hydrogen (secondary N) is 1. The number of aromatic nitrogens is 1. The zero-order chi connectivity index (χ0) is 9.97. The van der Waals surface area contributed by atoms with Gasteiger partial charge in [0, 0.05) is 12.6 Å². The summed E-state index contributed by atoms with van der Waals surface area (Å²) in [6, 6.07) is 3.10. The van der Waals surface area contributed by atoms with Crippen LogP contribution in [0.3, 0.4) is 0 Å². The van der Waals surface area contributed by atoms with Crippen LogP contribution >= 0.6 is 0 Å². The van der Waals surface area contributed by atoms with E-state index in [9.17, 15) is 10.1 Å². The summed E-state index contributed by atoms with van der Waals surface area (Å²) >= 11 is 0. The molecule has 0 aliphatic heterocycles. The van der Waals surface area contributed by atoms with E-state index in [2.05, 4.69) is 10.3 Å². The van der Waals surface area contributed by atoms with Crippen molar-refractivity contribution >= 4 is 11.5 Å². The van der Waals surface area contributed by atoms with Gasteiger partial charge in [-0.3, -0.25) is 10.1 Å². The van der Waals surface area contributed by atoms with Gasteiger partial charge in [0.1, 0.15) is 12.0 Å². The highest BCUT2D eigenvalue weighted by atomic mass is 16.6. The summed E-state index contributed by atoms with van der Waals surface area (Å²) in [5.41, 5.74) is 0.0296. The molecule has 1 N–H and O–H groups in total. The Morgan fingerprint density at radius 2 is 2.36 bits per heavy atom. The normalized spacial score (nSPS) is 15.1. The first-order valence-corrected chi connectivity index (χ1v) is 4.60. The lowest BCUT2D eigenvalue weighted by Crippen LogP contribution is -2.04. The van der Waals surface area contributed by atoms with Crippen molar-refractivity contribution in [3.05, 3.63) is 28.4 Å². The maximum atomic E-state index is 10.3. The van der Waals surface area contributed by atoms with E-state index in [4.69, 9.17) is 0 Å². The lowest BCUT2D eigenvalue weighted by atomic mass is 10.4. The molecule has 1 aliphatic rings. The summed E-state index contributed by atoms with van der Waals surface area (Å²) < 4.78 is 0. The van der Waals surface area contributed by atoms with E-state index in [0.717, 1.165) is 12.5 Å². The van der Waals surface area contributed by atoms with E-state index >= 15 is 0 Å². The number of pyridine rings is 1. The van der Waals surface area contributed by atoms with Gasteiger partial charge in [0.25, 0.3) is 5.69 Å². The molecule has 1 fully saturated rings. The Balaban J connectivity index is 1.94. The van der Waals surface area contributed by atoms with E-state index in [1.54, 1.807) is 6.07 Å². The summed E-state index contributed by atoms with van der Waals surface area (Å²) in [6.45, 7) is 0.921. The molecule has 0 bridgehead atoms. The Morgan fingerprint density at radius 1 is 1.57 bits per heavy atom. The van der Waals surface area contributed by atoms with Gasteiger partial charge in [-0.1, -0.05) is 0 Å². The van der Waals surface area contributed by atoms with Crippen LogP contribution in [0.25, 0.3) is 0 Å². The highest BCUT2D eigenvalue weighted by Gasteiger charge is 2.20. The van der Waals surface area contributed by atoms with Crippen LogP contribution in [0.2, 0.25) is 0 Å². The largest absolute Gasteiger partial charge is 0.370 e. The van der Waals surface area contributed by atoms with E-state index in [-0.39, 0.29) is 5.69 Å². The molecule has 2 rings (SSSR count). The van der Waals surface area contributed by atoms with E-state index in [0.29, 0.717) is 5.82 Å². The van der Waals surface area contributed by atoms with Gasteiger partial charge in [-0.05, 0) is 24.8 Å². The molecule has 1 heterocycles. The molecule has 5 nitrogen and oxygen atoms in total. The van der Waals surface area contributed by atoms with Crippen LogP contribution in [0.15, 0.2) is 18.3 Å². The number of nitro groups is 1. The fourth-order valence-corrected chi connectivity index (χ4v) is 1.17. The minimum atomic E-state index is -0.447. The van der Waals surface area contributed by atoms with Gasteiger partial charge >= 0.3 is 0 Å². The van der Waals surface area contributed by atoms with Gasteiger partial charge in [-0.15, -0.1) is 0 Å². The second-order valence-corrected chi connectivity index (χ2v) is 3.48. The quantitative estimate of drug-likeness (QED) is 0.585. The molecule has 1 aromatic heterocycles. The molecule has 0 spiro atoms. The molecule has 1 aromatic rings. The van der Waals surface area contributed by atoms with Crippen molar-refractivity contribution in [3.8, 4) is 0 Å². The van der Waals surface area contributed by atoms with Crippen molar-refractivity contribution in [1.82, 2.24) is 4.98 Å². The van der Waals surface area contributed by atoms with Gasteiger partial charge < -0.3 is 5.32 Å². The number of hydrogen-bond acceptors (Lipinski definition) is 4. The van der Waals surface area contributed by atoms with Crippen molar-refractivity contribution in [3.63, 3.8) is 0 Å². The third-order valence-electron chi connectivity index (χ3n) is 2.23. The first kappa shape index (κ1) is 8.93. The van der Waals surface area contributed by atoms with Gasteiger partial charge in [-0.2, -0.15) is 0 Å². The molecule has 0 atom stereocenters. The SMILES string of the molecule is O=[N+]([O-])c1ccc(NCC2CC2)nc1. The van der Waals surface area contributed by atoms with Crippen LogP contribution in [-0.2, 0) is 0 Å². The number of hydrogen-bond donors (Lipinski definition) is 1. The molecule has 1 saturated carbocycles. The predicted molar refractivity (Wildman–Crippen MR) is 52.1 cm³/mol. The Bertz CT molecular complexity index is 332. The molecule has 14 heavy (non-hydrogen) atoms. The van der Waals surface area contributed by atoms with Crippen LogP contribution in [0, 0.1) is 16.0 Å². The Morgan fingerprint density at radius 3 is 2.86 bits per heavy atom. The Hall–Kier alpha value is -1.65. The summed E-state index contributed by atoms with van der Waals surface area (Å²) in [7, 11) is 0. The van der Waals surface area contributed by atoms with Crippen molar-refractivity contribution in [2.45, 2.75) is 12.8 Å². The maximum Gasteiger partial charge on any atom is 0.287 e. The van der Waals surface area contributed by atoms with Gasteiger partial charge in [0.2, 0.25) is 0 Å². The zero-order valence-corrected chi connectivity index (χ0v) is 7.64. The Labute approximate surface area is 81.3 Å².